The van der Waals surface area contributed by atoms with Gasteiger partial charge in [0.2, 0.25) is 0 Å². The van der Waals surface area contributed by atoms with Gasteiger partial charge in [-0.3, -0.25) is 23.7 Å². The van der Waals surface area contributed by atoms with E-state index in [1.165, 1.54) is 0 Å². The minimum absolute atomic E-state index is 0.0134. The second-order valence-corrected chi connectivity index (χ2v) is 11.3. The number of aromatic amines is 1. The lowest BCUT2D eigenvalue weighted by atomic mass is 9.98. The van der Waals surface area contributed by atoms with Crippen LogP contribution < -0.4 is 20.9 Å². The Morgan fingerprint density at radius 3 is 2.60 bits per heavy atom. The number of para-hydroxylation sites is 1. The van der Waals surface area contributed by atoms with Crippen LogP contribution in [0.3, 0.4) is 0 Å². The average molecular weight is 586 g/mol. The molecular formula is C25H33FN3O10P. The number of H-pyrrole nitrogens is 1. The van der Waals surface area contributed by atoms with Gasteiger partial charge in [-0.05, 0) is 32.4 Å². The fourth-order valence-electron chi connectivity index (χ4n) is 4.40. The van der Waals surface area contributed by atoms with Gasteiger partial charge in [-0.25, -0.2) is 18.8 Å². The van der Waals surface area contributed by atoms with Gasteiger partial charge in [0.05, 0.1) is 25.9 Å². The molecule has 0 aliphatic carbocycles. The highest BCUT2D eigenvalue weighted by molar-refractivity contribution is 7.52. The average Bonchev–Trinajstić information content (AvgIpc) is 3.51. The number of benzene rings is 1. The number of hydrogen-bond donors (Lipinski definition) is 2. The molecule has 2 saturated heterocycles. The molecule has 2 fully saturated rings. The van der Waals surface area contributed by atoms with Crippen LogP contribution in [0.2, 0.25) is 0 Å². The standard InChI is InChI=1S/C25H33FN3O10P/c1-4-8-20(31)38-21-18(37-23(25(21,3)26)29-12-11-19(30)27-24(29)32)15-36-40(33,39-17-9-6-5-7-10-17)28-16(2)22-34-13-14-35-22/h5-7,9-12,16,18,21-23H,4,8,13-15H2,1-3H3,(H,28,33)(H,27,30,32)/t16?,18-,21-,23-,25-,40?/m1/s1. The first kappa shape index (κ1) is 30.1. The van der Waals surface area contributed by atoms with E-state index in [0.29, 0.717) is 19.6 Å². The highest BCUT2D eigenvalue weighted by Gasteiger charge is 2.58. The number of carbonyl (C=O) groups is 1. The van der Waals surface area contributed by atoms with Gasteiger partial charge in [0.1, 0.15) is 11.9 Å². The number of nitrogens with one attached hydrogen (secondary N) is 2. The molecule has 6 atom stereocenters. The molecule has 2 N–H and O–H groups in total. The van der Waals surface area contributed by atoms with E-state index >= 15 is 4.39 Å². The summed E-state index contributed by atoms with van der Waals surface area (Å²) in [7, 11) is -4.19. The van der Waals surface area contributed by atoms with Crippen LogP contribution in [-0.4, -0.2) is 65.5 Å². The molecule has 40 heavy (non-hydrogen) atoms. The number of aromatic nitrogens is 2. The minimum Gasteiger partial charge on any atom is -0.456 e. The second-order valence-electron chi connectivity index (χ2n) is 9.58. The highest BCUT2D eigenvalue weighted by atomic mass is 31.2. The number of carbonyl (C=O) groups excluding carboxylic acids is 1. The summed E-state index contributed by atoms with van der Waals surface area (Å²) in [5.74, 6) is -0.463. The molecule has 0 amide bonds. The molecule has 2 aliphatic heterocycles. The smallest absolute Gasteiger partial charge is 0.456 e. The Hall–Kier alpha value is -2.87. The van der Waals surface area contributed by atoms with Gasteiger partial charge in [0.25, 0.3) is 5.56 Å². The van der Waals surface area contributed by atoms with Crippen LogP contribution in [0.15, 0.2) is 52.2 Å². The normalized spacial score (nSPS) is 27.2. The summed E-state index contributed by atoms with van der Waals surface area (Å²) in [5, 5.41) is 2.77. The van der Waals surface area contributed by atoms with Crippen molar-refractivity contribution in [1.29, 1.82) is 0 Å². The maximum atomic E-state index is 16.3. The SMILES string of the molecule is CCCC(=O)O[C@@H]1[C@@H](COP(=O)(NC(C)C2OCCO2)Oc2ccccc2)O[C@@H](n2ccc(=O)[nH]c2=O)[C@]1(C)F. The Morgan fingerprint density at radius 2 is 1.95 bits per heavy atom. The summed E-state index contributed by atoms with van der Waals surface area (Å²) < 4.78 is 64.7. The Bertz CT molecular complexity index is 1310. The minimum atomic E-state index is -4.19. The highest BCUT2D eigenvalue weighted by Crippen LogP contribution is 2.48. The van der Waals surface area contributed by atoms with Crippen LogP contribution in [0, 0.1) is 0 Å². The molecule has 2 aromatic rings. The predicted molar refractivity (Wildman–Crippen MR) is 138 cm³/mol. The van der Waals surface area contributed by atoms with Crippen LogP contribution >= 0.6 is 7.75 Å². The molecule has 4 rings (SSSR count). The zero-order chi connectivity index (χ0) is 28.9. The summed E-state index contributed by atoms with van der Waals surface area (Å²) in [4.78, 5) is 38.4. The Morgan fingerprint density at radius 1 is 1.25 bits per heavy atom. The van der Waals surface area contributed by atoms with Crippen molar-refractivity contribution in [1.82, 2.24) is 14.6 Å². The van der Waals surface area contributed by atoms with Crippen molar-refractivity contribution in [3.8, 4) is 5.75 Å². The van der Waals surface area contributed by atoms with Gasteiger partial charge in [-0.1, -0.05) is 25.1 Å². The fraction of sp³-hybridized carbons (Fsp3) is 0.560. The monoisotopic (exact) mass is 585 g/mol. The van der Waals surface area contributed by atoms with E-state index < -0.39 is 68.0 Å². The van der Waals surface area contributed by atoms with Crippen molar-refractivity contribution in [2.45, 2.75) is 70.0 Å². The third kappa shape index (κ3) is 7.06. The summed E-state index contributed by atoms with van der Waals surface area (Å²) in [6.45, 7) is 4.69. The van der Waals surface area contributed by atoms with E-state index in [1.54, 1.807) is 44.2 Å². The van der Waals surface area contributed by atoms with Gasteiger partial charge in [-0.15, -0.1) is 0 Å². The molecule has 3 heterocycles. The summed E-state index contributed by atoms with van der Waals surface area (Å²) >= 11 is 0. The lowest BCUT2D eigenvalue weighted by molar-refractivity contribution is -0.158. The maximum Gasteiger partial charge on any atom is 0.459 e. The number of halogens is 1. The number of ether oxygens (including phenoxy) is 4. The second kappa shape index (κ2) is 12.8. The molecular weight excluding hydrogens is 552 g/mol. The summed E-state index contributed by atoms with van der Waals surface area (Å²) in [6.07, 6.45) is -3.65. The Balaban J connectivity index is 1.60. The number of alkyl halides is 1. The predicted octanol–water partition coefficient (Wildman–Crippen LogP) is 2.43. The lowest BCUT2D eigenvalue weighted by Gasteiger charge is -2.29. The van der Waals surface area contributed by atoms with Crippen LogP contribution in [0.1, 0.15) is 39.8 Å². The van der Waals surface area contributed by atoms with Gasteiger partial charge < -0.3 is 23.5 Å². The van der Waals surface area contributed by atoms with Crippen molar-refractivity contribution in [3.05, 3.63) is 63.4 Å². The summed E-state index contributed by atoms with van der Waals surface area (Å²) in [6, 6.07) is 8.64. The first-order valence-electron chi connectivity index (χ1n) is 12.9. The van der Waals surface area contributed by atoms with Crippen LogP contribution in [-0.2, 0) is 32.8 Å². The van der Waals surface area contributed by atoms with Gasteiger partial charge >= 0.3 is 19.4 Å². The summed E-state index contributed by atoms with van der Waals surface area (Å²) in [5.41, 5.74) is -4.05. The van der Waals surface area contributed by atoms with Crippen LogP contribution in [0.25, 0.3) is 0 Å². The maximum absolute atomic E-state index is 16.3. The van der Waals surface area contributed by atoms with E-state index in [0.717, 1.165) is 23.8 Å². The third-order valence-electron chi connectivity index (χ3n) is 6.29. The number of esters is 1. The van der Waals surface area contributed by atoms with Crippen molar-refractivity contribution in [2.75, 3.05) is 19.8 Å². The quantitative estimate of drug-likeness (QED) is 0.279. The van der Waals surface area contributed by atoms with Crippen molar-refractivity contribution in [2.24, 2.45) is 0 Å². The van der Waals surface area contributed by atoms with Crippen molar-refractivity contribution < 1.29 is 41.7 Å². The molecule has 2 unspecified atom stereocenters. The molecule has 0 saturated carbocycles. The molecule has 13 nitrogen and oxygen atoms in total. The molecule has 0 radical (unpaired) electrons. The first-order chi connectivity index (χ1) is 19.0. The zero-order valence-electron chi connectivity index (χ0n) is 22.3. The Kier molecular flexibility index (Phi) is 9.60. The number of hydrogen-bond acceptors (Lipinski definition) is 10. The molecule has 0 bridgehead atoms. The van der Waals surface area contributed by atoms with E-state index in [1.807, 2.05) is 4.98 Å². The molecule has 1 aromatic carbocycles. The van der Waals surface area contributed by atoms with Crippen molar-refractivity contribution >= 4 is 13.7 Å². The van der Waals surface area contributed by atoms with Gasteiger partial charge in [0.15, 0.2) is 24.3 Å². The van der Waals surface area contributed by atoms with E-state index in [2.05, 4.69) is 5.09 Å². The van der Waals surface area contributed by atoms with E-state index in [-0.39, 0.29) is 12.2 Å². The largest absolute Gasteiger partial charge is 0.459 e. The number of nitrogens with zero attached hydrogens (tertiary/aromatic N) is 1. The topological polar surface area (TPSA) is 156 Å². The van der Waals surface area contributed by atoms with Crippen LogP contribution in [0.5, 0.6) is 5.75 Å². The third-order valence-corrected chi connectivity index (χ3v) is 7.96. The molecule has 0 spiro atoms. The fourth-order valence-corrected chi connectivity index (χ4v) is 5.95. The van der Waals surface area contributed by atoms with E-state index in [4.69, 9.17) is 28.0 Å². The Labute approximate surface area is 229 Å². The number of rotatable bonds is 12. The van der Waals surface area contributed by atoms with Crippen LogP contribution in [0.4, 0.5) is 4.39 Å². The molecule has 1 aromatic heterocycles. The van der Waals surface area contributed by atoms with Gasteiger partial charge in [0, 0.05) is 18.7 Å². The van der Waals surface area contributed by atoms with Crippen molar-refractivity contribution in [3.63, 3.8) is 0 Å². The molecule has 2 aliphatic rings. The van der Waals surface area contributed by atoms with E-state index in [9.17, 15) is 18.9 Å². The first-order valence-corrected chi connectivity index (χ1v) is 14.4. The van der Waals surface area contributed by atoms with Gasteiger partial charge in [-0.2, -0.15) is 0 Å². The zero-order valence-corrected chi connectivity index (χ0v) is 23.2. The molecule has 220 valence electrons. The lowest BCUT2D eigenvalue weighted by Crippen LogP contribution is -2.46. The molecule has 15 heteroatoms.